The van der Waals surface area contributed by atoms with Crippen LogP contribution in [0.25, 0.3) is 0 Å². The minimum atomic E-state index is -3.91. The predicted octanol–water partition coefficient (Wildman–Crippen LogP) is 0.885. The Morgan fingerprint density at radius 3 is 2.58 bits per heavy atom. The molecular formula is C11H14ClNO5S. The highest BCUT2D eigenvalue weighted by atomic mass is 35.7. The van der Waals surface area contributed by atoms with Gasteiger partial charge in [0.1, 0.15) is 17.3 Å². The van der Waals surface area contributed by atoms with Crippen molar-refractivity contribution in [1.82, 2.24) is 5.32 Å². The summed E-state index contributed by atoms with van der Waals surface area (Å²) in [5.41, 5.74) is 0.587. The van der Waals surface area contributed by atoms with E-state index in [1.807, 2.05) is 0 Å². The number of carbonyl (C=O) groups is 1. The third kappa shape index (κ3) is 4.70. The molecule has 0 aromatic heterocycles. The second-order valence-electron chi connectivity index (χ2n) is 3.63. The number of hydrogen-bond donors (Lipinski definition) is 1. The number of ether oxygens (including phenoxy) is 2. The maximum absolute atomic E-state index is 11.4. The number of nitrogens with one attached hydrogen (secondary N) is 1. The molecule has 0 heterocycles. The average molecular weight is 308 g/mol. The van der Waals surface area contributed by atoms with Gasteiger partial charge >= 0.3 is 0 Å². The monoisotopic (exact) mass is 307 g/mol. The molecule has 0 aliphatic carbocycles. The molecule has 0 fully saturated rings. The lowest BCUT2D eigenvalue weighted by Crippen LogP contribution is -2.26. The first-order chi connectivity index (χ1) is 8.88. The van der Waals surface area contributed by atoms with Gasteiger partial charge < -0.3 is 14.8 Å². The molecule has 0 unspecified atom stereocenters. The Morgan fingerprint density at radius 1 is 1.37 bits per heavy atom. The molecule has 0 aliphatic heterocycles. The van der Waals surface area contributed by atoms with Crippen LogP contribution in [0, 0.1) is 0 Å². The fourth-order valence-electron chi connectivity index (χ4n) is 1.40. The van der Waals surface area contributed by atoms with Crippen molar-refractivity contribution in [3.05, 3.63) is 23.8 Å². The van der Waals surface area contributed by atoms with Gasteiger partial charge in [0, 0.05) is 24.3 Å². The molecule has 8 heteroatoms. The fraction of sp³-hybridized carbons (Fsp3) is 0.364. The minimum absolute atomic E-state index is 0.0587. The van der Waals surface area contributed by atoms with Crippen molar-refractivity contribution in [2.24, 2.45) is 0 Å². The van der Waals surface area contributed by atoms with Crippen molar-refractivity contribution in [2.45, 2.75) is 11.4 Å². The summed E-state index contributed by atoms with van der Waals surface area (Å²) < 4.78 is 32.3. The van der Waals surface area contributed by atoms with E-state index in [2.05, 4.69) is 10.1 Å². The number of rotatable bonds is 6. The number of benzene rings is 1. The lowest BCUT2D eigenvalue weighted by Gasteiger charge is -2.09. The van der Waals surface area contributed by atoms with Crippen LogP contribution in [-0.4, -0.2) is 35.2 Å². The Bertz CT molecular complexity index is 558. The van der Waals surface area contributed by atoms with E-state index in [-0.39, 0.29) is 29.7 Å². The molecule has 1 aromatic carbocycles. The summed E-state index contributed by atoms with van der Waals surface area (Å²) in [4.78, 5) is 11.1. The molecular weight excluding hydrogens is 294 g/mol. The molecule has 0 bridgehead atoms. The molecule has 1 rings (SSSR count). The van der Waals surface area contributed by atoms with Gasteiger partial charge in [-0.3, -0.25) is 4.79 Å². The van der Waals surface area contributed by atoms with E-state index in [9.17, 15) is 13.2 Å². The van der Waals surface area contributed by atoms with Crippen molar-refractivity contribution in [3.8, 4) is 5.75 Å². The van der Waals surface area contributed by atoms with Gasteiger partial charge in [0.05, 0.1) is 7.11 Å². The fourth-order valence-corrected chi connectivity index (χ4v) is 2.45. The zero-order valence-electron chi connectivity index (χ0n) is 10.5. The van der Waals surface area contributed by atoms with E-state index in [0.29, 0.717) is 5.56 Å². The van der Waals surface area contributed by atoms with Crippen LogP contribution in [0.2, 0.25) is 0 Å². The topological polar surface area (TPSA) is 81.7 Å². The summed E-state index contributed by atoms with van der Waals surface area (Å²) in [6, 6.07) is 4.47. The predicted molar refractivity (Wildman–Crippen MR) is 69.8 cm³/mol. The maximum atomic E-state index is 11.4. The third-order valence-corrected chi connectivity index (χ3v) is 3.60. The largest absolute Gasteiger partial charge is 0.495 e. The molecule has 0 atom stereocenters. The van der Waals surface area contributed by atoms with Crippen LogP contribution in [0.1, 0.15) is 5.56 Å². The first-order valence-electron chi connectivity index (χ1n) is 5.25. The molecule has 0 spiro atoms. The first kappa shape index (κ1) is 15.7. The standard InChI is InChI=1S/C11H14ClNO5S/c1-17-7-11(14)13-6-8-3-4-9(18-2)10(5-8)19(12,15)16/h3-5H,6-7H2,1-2H3,(H,13,14). The van der Waals surface area contributed by atoms with Crippen LogP contribution in [0.15, 0.2) is 23.1 Å². The second-order valence-corrected chi connectivity index (χ2v) is 6.17. The van der Waals surface area contributed by atoms with E-state index >= 15 is 0 Å². The number of methoxy groups -OCH3 is 2. The SMILES string of the molecule is COCC(=O)NCc1ccc(OC)c(S(=O)(=O)Cl)c1. The third-order valence-electron chi connectivity index (χ3n) is 2.26. The van der Waals surface area contributed by atoms with Gasteiger partial charge in [-0.25, -0.2) is 8.42 Å². The summed E-state index contributed by atoms with van der Waals surface area (Å²) in [6.07, 6.45) is 0. The summed E-state index contributed by atoms with van der Waals surface area (Å²) in [5, 5.41) is 2.57. The summed E-state index contributed by atoms with van der Waals surface area (Å²) >= 11 is 0. The van der Waals surface area contributed by atoms with Crippen molar-refractivity contribution in [2.75, 3.05) is 20.8 Å². The Kier molecular flexibility index (Phi) is 5.59. The summed E-state index contributed by atoms with van der Waals surface area (Å²) in [7, 11) is 4.16. The molecule has 1 amide bonds. The molecule has 0 saturated carbocycles. The van der Waals surface area contributed by atoms with Gasteiger partial charge in [0.15, 0.2) is 0 Å². The molecule has 0 aliphatic rings. The molecule has 0 saturated heterocycles. The Hall–Kier alpha value is -1.31. The van der Waals surface area contributed by atoms with Gasteiger partial charge in [-0.05, 0) is 17.7 Å². The van der Waals surface area contributed by atoms with Gasteiger partial charge in [-0.2, -0.15) is 0 Å². The van der Waals surface area contributed by atoms with Crippen molar-refractivity contribution in [3.63, 3.8) is 0 Å². The number of carbonyl (C=O) groups excluding carboxylic acids is 1. The maximum Gasteiger partial charge on any atom is 0.264 e. The Morgan fingerprint density at radius 2 is 2.05 bits per heavy atom. The second kappa shape index (κ2) is 6.74. The van der Waals surface area contributed by atoms with Crippen molar-refractivity contribution < 1.29 is 22.7 Å². The zero-order valence-corrected chi connectivity index (χ0v) is 12.0. The number of hydrogen-bond acceptors (Lipinski definition) is 5. The summed E-state index contributed by atoms with van der Waals surface area (Å²) in [6.45, 7) is 0.114. The van der Waals surface area contributed by atoms with Crippen LogP contribution in [-0.2, 0) is 25.1 Å². The lowest BCUT2D eigenvalue weighted by atomic mass is 10.2. The Labute approximate surface area is 116 Å². The lowest BCUT2D eigenvalue weighted by molar-refractivity contribution is -0.124. The van der Waals surface area contributed by atoms with Crippen molar-refractivity contribution in [1.29, 1.82) is 0 Å². The molecule has 6 nitrogen and oxygen atoms in total. The number of halogens is 1. The normalized spacial score (nSPS) is 11.1. The Balaban J connectivity index is 2.90. The van der Waals surface area contributed by atoms with Gasteiger partial charge in [-0.15, -0.1) is 0 Å². The van der Waals surface area contributed by atoms with E-state index in [1.54, 1.807) is 6.07 Å². The number of amides is 1. The smallest absolute Gasteiger partial charge is 0.264 e. The van der Waals surface area contributed by atoms with Crippen LogP contribution < -0.4 is 10.1 Å². The average Bonchev–Trinajstić information content (AvgIpc) is 2.35. The molecule has 19 heavy (non-hydrogen) atoms. The van der Waals surface area contributed by atoms with E-state index in [1.165, 1.54) is 26.4 Å². The van der Waals surface area contributed by atoms with Crippen molar-refractivity contribution >= 4 is 25.6 Å². The molecule has 106 valence electrons. The first-order valence-corrected chi connectivity index (χ1v) is 7.56. The zero-order chi connectivity index (χ0) is 14.5. The highest BCUT2D eigenvalue weighted by molar-refractivity contribution is 8.13. The molecule has 1 N–H and O–H groups in total. The molecule has 0 radical (unpaired) electrons. The molecule has 1 aromatic rings. The van der Waals surface area contributed by atoms with Gasteiger partial charge in [0.25, 0.3) is 9.05 Å². The quantitative estimate of drug-likeness (QED) is 0.789. The highest BCUT2D eigenvalue weighted by Gasteiger charge is 2.17. The van der Waals surface area contributed by atoms with Gasteiger partial charge in [-0.1, -0.05) is 6.07 Å². The van der Waals surface area contributed by atoms with E-state index < -0.39 is 9.05 Å². The van der Waals surface area contributed by atoms with Crippen LogP contribution in [0.5, 0.6) is 5.75 Å². The highest BCUT2D eigenvalue weighted by Crippen LogP contribution is 2.27. The van der Waals surface area contributed by atoms with E-state index in [0.717, 1.165) is 0 Å². The summed E-state index contributed by atoms with van der Waals surface area (Å²) in [5.74, 6) is -0.143. The van der Waals surface area contributed by atoms with Gasteiger partial charge in [0.2, 0.25) is 5.91 Å². The van der Waals surface area contributed by atoms with Crippen LogP contribution >= 0.6 is 10.7 Å². The minimum Gasteiger partial charge on any atom is -0.495 e. The van der Waals surface area contributed by atoms with Crippen LogP contribution in [0.3, 0.4) is 0 Å². The van der Waals surface area contributed by atoms with E-state index in [4.69, 9.17) is 15.4 Å². The van der Waals surface area contributed by atoms with Crippen LogP contribution in [0.4, 0.5) is 0 Å².